The quantitative estimate of drug-likeness (QED) is 0.516. The predicted octanol–water partition coefficient (Wildman–Crippen LogP) is 2.50. The lowest BCUT2D eigenvalue weighted by Crippen LogP contribution is -2.35. The van der Waals surface area contributed by atoms with Crippen LogP contribution in [0, 0.1) is 10.1 Å². The molecule has 17 heavy (non-hydrogen) atoms. The van der Waals surface area contributed by atoms with Gasteiger partial charge in [-0.2, -0.15) is 0 Å². The molecule has 1 N–H and O–H groups in total. The summed E-state index contributed by atoms with van der Waals surface area (Å²) in [5.41, 5.74) is -0.0775. The first-order valence-electron chi connectivity index (χ1n) is 5.20. The summed E-state index contributed by atoms with van der Waals surface area (Å²) in [6.45, 7) is 1.94. The molecular formula is C11H13BrN2O3. The van der Waals surface area contributed by atoms with Crippen LogP contribution in [0.3, 0.4) is 0 Å². The number of benzene rings is 1. The molecule has 1 aromatic rings. The monoisotopic (exact) mass is 300 g/mol. The van der Waals surface area contributed by atoms with Crippen molar-refractivity contribution >= 4 is 27.5 Å². The molecule has 0 aliphatic rings. The van der Waals surface area contributed by atoms with Crippen LogP contribution in [0.1, 0.15) is 23.7 Å². The molecule has 1 rings (SSSR count). The van der Waals surface area contributed by atoms with Crippen molar-refractivity contribution in [1.82, 2.24) is 5.32 Å². The van der Waals surface area contributed by atoms with E-state index in [9.17, 15) is 14.9 Å². The van der Waals surface area contributed by atoms with E-state index >= 15 is 0 Å². The first kappa shape index (κ1) is 13.6. The third kappa shape index (κ3) is 3.52. The molecule has 1 amide bonds. The number of hydrogen-bond acceptors (Lipinski definition) is 3. The van der Waals surface area contributed by atoms with Gasteiger partial charge in [0, 0.05) is 17.4 Å². The maximum absolute atomic E-state index is 11.9. The van der Waals surface area contributed by atoms with E-state index in [4.69, 9.17) is 0 Å². The van der Waals surface area contributed by atoms with Crippen molar-refractivity contribution in [3.8, 4) is 0 Å². The van der Waals surface area contributed by atoms with Gasteiger partial charge in [0.15, 0.2) is 0 Å². The van der Waals surface area contributed by atoms with Crippen LogP contribution in [0.2, 0.25) is 0 Å². The fourth-order valence-corrected chi connectivity index (χ4v) is 1.96. The smallest absolute Gasteiger partial charge is 0.282 e. The van der Waals surface area contributed by atoms with Crippen LogP contribution in [0.5, 0.6) is 0 Å². The molecule has 1 aromatic carbocycles. The SMILES string of the molecule is CCC(CBr)NC(=O)c1ccccc1[N+](=O)[O-]. The highest BCUT2D eigenvalue weighted by atomic mass is 79.9. The molecule has 92 valence electrons. The first-order chi connectivity index (χ1) is 8.10. The largest absolute Gasteiger partial charge is 0.348 e. The number of para-hydroxylation sites is 1. The summed E-state index contributed by atoms with van der Waals surface area (Å²) in [5.74, 6) is -0.413. The normalized spacial score (nSPS) is 11.9. The fraction of sp³-hybridized carbons (Fsp3) is 0.364. The Hall–Kier alpha value is -1.43. The lowest BCUT2D eigenvalue weighted by atomic mass is 10.1. The van der Waals surface area contributed by atoms with Gasteiger partial charge in [0.05, 0.1) is 4.92 Å². The van der Waals surface area contributed by atoms with E-state index in [2.05, 4.69) is 21.2 Å². The topological polar surface area (TPSA) is 72.2 Å². The van der Waals surface area contributed by atoms with E-state index in [1.807, 2.05) is 6.92 Å². The van der Waals surface area contributed by atoms with Gasteiger partial charge in [0.2, 0.25) is 0 Å². The van der Waals surface area contributed by atoms with Crippen LogP contribution >= 0.6 is 15.9 Å². The number of carbonyl (C=O) groups excluding carboxylic acids is 1. The summed E-state index contributed by atoms with van der Waals surface area (Å²) in [4.78, 5) is 22.1. The molecule has 0 saturated heterocycles. The molecular weight excluding hydrogens is 288 g/mol. The average molecular weight is 301 g/mol. The van der Waals surface area contributed by atoms with Crippen molar-refractivity contribution in [2.45, 2.75) is 19.4 Å². The van der Waals surface area contributed by atoms with Crippen molar-refractivity contribution in [2.24, 2.45) is 0 Å². The number of nitrogens with one attached hydrogen (secondary N) is 1. The average Bonchev–Trinajstić information content (AvgIpc) is 2.35. The van der Waals surface area contributed by atoms with Crippen molar-refractivity contribution in [2.75, 3.05) is 5.33 Å². The van der Waals surface area contributed by atoms with Crippen LogP contribution in [0.4, 0.5) is 5.69 Å². The number of nitro groups is 1. The molecule has 0 radical (unpaired) electrons. The zero-order valence-electron chi connectivity index (χ0n) is 9.35. The number of rotatable bonds is 5. The summed E-state index contributed by atoms with van der Waals surface area (Å²) in [6, 6.07) is 5.90. The molecule has 1 atom stereocenters. The van der Waals surface area contributed by atoms with E-state index < -0.39 is 10.8 Å². The van der Waals surface area contributed by atoms with Gasteiger partial charge < -0.3 is 5.32 Å². The molecule has 5 nitrogen and oxygen atoms in total. The van der Waals surface area contributed by atoms with E-state index in [-0.39, 0.29) is 17.3 Å². The maximum atomic E-state index is 11.9. The number of nitro benzene ring substituents is 1. The van der Waals surface area contributed by atoms with Gasteiger partial charge in [-0.25, -0.2) is 0 Å². The Kier molecular flexibility index (Phi) is 5.09. The molecule has 1 unspecified atom stereocenters. The maximum Gasteiger partial charge on any atom is 0.282 e. The second-order valence-electron chi connectivity index (χ2n) is 3.51. The Morgan fingerprint density at radius 2 is 2.18 bits per heavy atom. The van der Waals surface area contributed by atoms with Crippen molar-refractivity contribution < 1.29 is 9.72 Å². The van der Waals surface area contributed by atoms with Crippen LogP contribution in [-0.4, -0.2) is 22.2 Å². The van der Waals surface area contributed by atoms with Crippen LogP contribution in [0.15, 0.2) is 24.3 Å². The summed E-state index contributed by atoms with van der Waals surface area (Å²) in [5, 5.41) is 14.1. The van der Waals surface area contributed by atoms with Crippen LogP contribution in [-0.2, 0) is 0 Å². The molecule has 0 aromatic heterocycles. The number of nitrogens with zero attached hydrogens (tertiary/aromatic N) is 1. The first-order valence-corrected chi connectivity index (χ1v) is 6.32. The van der Waals surface area contributed by atoms with Crippen molar-refractivity contribution in [3.63, 3.8) is 0 Å². The summed E-state index contributed by atoms with van der Waals surface area (Å²) in [7, 11) is 0. The number of halogens is 1. The highest BCUT2D eigenvalue weighted by molar-refractivity contribution is 9.09. The molecule has 6 heteroatoms. The zero-order chi connectivity index (χ0) is 12.8. The van der Waals surface area contributed by atoms with Gasteiger partial charge in [-0.15, -0.1) is 0 Å². The van der Waals surface area contributed by atoms with Crippen molar-refractivity contribution in [1.29, 1.82) is 0 Å². The Morgan fingerprint density at radius 3 is 2.71 bits per heavy atom. The highest BCUT2D eigenvalue weighted by Gasteiger charge is 2.20. The molecule has 0 aliphatic carbocycles. The highest BCUT2D eigenvalue weighted by Crippen LogP contribution is 2.17. The van der Waals surface area contributed by atoms with E-state index in [0.717, 1.165) is 6.42 Å². The summed E-state index contributed by atoms with van der Waals surface area (Å²) in [6.07, 6.45) is 0.762. The Bertz CT molecular complexity index is 419. The van der Waals surface area contributed by atoms with Gasteiger partial charge >= 0.3 is 0 Å². The lowest BCUT2D eigenvalue weighted by molar-refractivity contribution is -0.385. The van der Waals surface area contributed by atoms with Crippen LogP contribution < -0.4 is 5.32 Å². The number of alkyl halides is 1. The standard InChI is InChI=1S/C11H13BrN2O3/c1-2-8(7-12)13-11(15)9-5-3-4-6-10(9)14(16)17/h3-6,8H,2,7H2,1H3,(H,13,15). The Balaban J connectivity index is 2.92. The summed E-state index contributed by atoms with van der Waals surface area (Å²) >= 11 is 3.28. The van der Waals surface area contributed by atoms with Gasteiger partial charge in [0.1, 0.15) is 5.56 Å². The lowest BCUT2D eigenvalue weighted by Gasteiger charge is -2.13. The third-order valence-electron chi connectivity index (χ3n) is 2.36. The minimum Gasteiger partial charge on any atom is -0.348 e. The molecule has 0 heterocycles. The fourth-order valence-electron chi connectivity index (χ4n) is 1.34. The minimum atomic E-state index is -0.552. The van der Waals surface area contributed by atoms with E-state index in [1.165, 1.54) is 18.2 Å². The van der Waals surface area contributed by atoms with Gasteiger partial charge in [-0.3, -0.25) is 14.9 Å². The van der Waals surface area contributed by atoms with Gasteiger partial charge in [-0.1, -0.05) is 35.0 Å². The molecule has 0 aliphatic heterocycles. The Morgan fingerprint density at radius 1 is 1.53 bits per heavy atom. The molecule has 0 spiro atoms. The molecule has 0 saturated carbocycles. The van der Waals surface area contributed by atoms with Gasteiger partial charge in [-0.05, 0) is 12.5 Å². The number of hydrogen-bond donors (Lipinski definition) is 1. The number of amides is 1. The number of carbonyl (C=O) groups is 1. The van der Waals surface area contributed by atoms with Crippen molar-refractivity contribution in [3.05, 3.63) is 39.9 Å². The second-order valence-corrected chi connectivity index (χ2v) is 4.15. The van der Waals surface area contributed by atoms with E-state index in [0.29, 0.717) is 5.33 Å². The third-order valence-corrected chi connectivity index (χ3v) is 3.14. The molecule has 0 bridgehead atoms. The minimum absolute atomic E-state index is 0.0256. The molecule has 0 fully saturated rings. The summed E-state index contributed by atoms with van der Waals surface area (Å²) < 4.78 is 0. The van der Waals surface area contributed by atoms with E-state index in [1.54, 1.807) is 6.07 Å². The van der Waals surface area contributed by atoms with Gasteiger partial charge in [0.25, 0.3) is 11.6 Å². The van der Waals surface area contributed by atoms with Crippen LogP contribution in [0.25, 0.3) is 0 Å². The predicted molar refractivity (Wildman–Crippen MR) is 68.4 cm³/mol. The second kappa shape index (κ2) is 6.34. The zero-order valence-corrected chi connectivity index (χ0v) is 10.9. The Labute approximate surface area is 107 Å².